The van der Waals surface area contributed by atoms with Gasteiger partial charge in [0, 0.05) is 47.4 Å². The first-order valence-corrected chi connectivity index (χ1v) is 17.1. The van der Waals surface area contributed by atoms with Crippen LogP contribution in [0, 0.1) is 12.3 Å². The van der Waals surface area contributed by atoms with Crippen molar-refractivity contribution in [3.05, 3.63) is 41.2 Å². The predicted octanol–water partition coefficient (Wildman–Crippen LogP) is 8.12. The first-order valence-electron chi connectivity index (χ1n) is 16.7. The van der Waals surface area contributed by atoms with Crippen LogP contribution in [0.15, 0.2) is 30.6 Å². The molecule has 1 N–H and O–H groups in total. The minimum absolute atomic E-state index is 0.0777. The standard InChI is InChI=1S/C36H44ClN5O7/c1-21-26(20-39-30-29(21)42(14-15-46-30)33(45)49-35(5,6)7)24-9-8-22-19-38-27(16-25(22)28(24)37)40-31(43)47-23-17-36(18-23)10-12-41(13-11-36)32(44)48-34(2,3)4/h8-9,16,19-20,23H,10-15,17-18H2,1-7H3,(H,38,40,43). The van der Waals surface area contributed by atoms with Gasteiger partial charge >= 0.3 is 18.3 Å². The highest BCUT2D eigenvalue weighted by Crippen LogP contribution is 2.50. The van der Waals surface area contributed by atoms with Crippen LogP contribution in [-0.4, -0.2) is 76.7 Å². The van der Waals surface area contributed by atoms with Gasteiger partial charge in [0.2, 0.25) is 5.88 Å². The molecule has 12 nitrogen and oxygen atoms in total. The number of ether oxygens (including phenoxy) is 4. The second kappa shape index (κ2) is 12.9. The molecule has 4 heterocycles. The minimum Gasteiger partial charge on any atom is -0.474 e. The molecule has 262 valence electrons. The van der Waals surface area contributed by atoms with E-state index in [1.165, 1.54) is 0 Å². The van der Waals surface area contributed by atoms with E-state index in [1.807, 2.05) is 60.6 Å². The van der Waals surface area contributed by atoms with E-state index in [4.69, 9.17) is 30.5 Å². The molecule has 3 aliphatic rings. The molecule has 2 aromatic heterocycles. The molecule has 1 spiro atoms. The SMILES string of the molecule is Cc1c(-c2ccc3cnc(NC(=O)OC4CC5(CCN(C(=O)OC(C)(C)C)CC5)C4)cc3c2Cl)cnc2c1N(C(=O)OC(C)(C)C)CCO2. The summed E-state index contributed by atoms with van der Waals surface area (Å²) in [5.41, 5.74) is 1.63. The van der Waals surface area contributed by atoms with Crippen LogP contribution in [0.1, 0.15) is 72.8 Å². The summed E-state index contributed by atoms with van der Waals surface area (Å²) >= 11 is 7.02. The van der Waals surface area contributed by atoms with Gasteiger partial charge < -0.3 is 23.8 Å². The summed E-state index contributed by atoms with van der Waals surface area (Å²) in [5, 5.41) is 4.67. The number of anilines is 2. The summed E-state index contributed by atoms with van der Waals surface area (Å²) in [4.78, 5) is 50.7. The van der Waals surface area contributed by atoms with Crippen LogP contribution in [0.3, 0.4) is 0 Å². The number of carbonyl (C=O) groups is 3. The zero-order valence-electron chi connectivity index (χ0n) is 29.1. The minimum atomic E-state index is -0.662. The van der Waals surface area contributed by atoms with Gasteiger partial charge in [-0.2, -0.15) is 0 Å². The Morgan fingerprint density at radius 2 is 1.61 bits per heavy atom. The molecule has 2 aliphatic heterocycles. The number of hydrogen-bond donors (Lipinski definition) is 1. The van der Waals surface area contributed by atoms with Gasteiger partial charge in [-0.1, -0.05) is 23.7 Å². The van der Waals surface area contributed by atoms with Crippen LogP contribution in [0.4, 0.5) is 25.9 Å². The van der Waals surface area contributed by atoms with Crippen molar-refractivity contribution in [2.75, 3.05) is 36.5 Å². The third-order valence-electron chi connectivity index (χ3n) is 9.14. The Bertz CT molecular complexity index is 1780. The molecule has 13 heteroatoms. The van der Waals surface area contributed by atoms with Gasteiger partial charge in [-0.05, 0) is 91.2 Å². The average molecular weight is 694 g/mol. The number of nitrogens with zero attached hydrogens (tertiary/aromatic N) is 4. The summed E-state index contributed by atoms with van der Waals surface area (Å²) in [5.74, 6) is 0.661. The lowest BCUT2D eigenvalue weighted by molar-refractivity contribution is -0.0717. The molecular formula is C36H44ClN5O7. The highest BCUT2D eigenvalue weighted by molar-refractivity contribution is 6.38. The van der Waals surface area contributed by atoms with Gasteiger partial charge in [-0.25, -0.2) is 24.4 Å². The van der Waals surface area contributed by atoms with Crippen LogP contribution in [0.25, 0.3) is 21.9 Å². The number of piperidine rings is 1. The van der Waals surface area contributed by atoms with Crippen molar-refractivity contribution in [1.29, 1.82) is 0 Å². The van der Waals surface area contributed by atoms with Crippen molar-refractivity contribution >= 4 is 52.2 Å². The average Bonchev–Trinajstić information content (AvgIpc) is 2.99. The Morgan fingerprint density at radius 1 is 0.939 bits per heavy atom. The summed E-state index contributed by atoms with van der Waals surface area (Å²) < 4.78 is 22.7. The number of carbonyl (C=O) groups excluding carboxylic acids is 3. The van der Waals surface area contributed by atoms with Crippen molar-refractivity contribution in [2.24, 2.45) is 5.41 Å². The summed E-state index contributed by atoms with van der Waals surface area (Å²) in [7, 11) is 0. The van der Waals surface area contributed by atoms with Crippen molar-refractivity contribution in [3.8, 4) is 17.0 Å². The van der Waals surface area contributed by atoms with Crippen molar-refractivity contribution in [1.82, 2.24) is 14.9 Å². The molecule has 1 aliphatic carbocycles. The molecule has 6 rings (SSSR count). The Hall–Kier alpha value is -4.32. The number of hydrogen-bond acceptors (Lipinski definition) is 9. The van der Waals surface area contributed by atoms with Gasteiger partial charge in [-0.15, -0.1) is 0 Å². The number of fused-ring (bicyclic) bond motifs is 2. The molecule has 3 amide bonds. The third-order valence-corrected chi connectivity index (χ3v) is 9.55. The molecule has 0 bridgehead atoms. The molecular weight excluding hydrogens is 650 g/mol. The maximum atomic E-state index is 13.1. The monoisotopic (exact) mass is 693 g/mol. The molecule has 3 aromatic rings. The summed E-state index contributed by atoms with van der Waals surface area (Å²) in [6.45, 7) is 14.8. The van der Waals surface area contributed by atoms with Crippen LogP contribution >= 0.6 is 11.6 Å². The number of aromatic nitrogens is 2. The topological polar surface area (TPSA) is 132 Å². The van der Waals surface area contributed by atoms with Crippen LogP contribution in [-0.2, 0) is 14.2 Å². The molecule has 1 saturated heterocycles. The highest BCUT2D eigenvalue weighted by atomic mass is 35.5. The smallest absolute Gasteiger partial charge is 0.415 e. The number of halogens is 1. The maximum Gasteiger partial charge on any atom is 0.415 e. The molecule has 0 unspecified atom stereocenters. The van der Waals surface area contributed by atoms with E-state index < -0.39 is 23.4 Å². The molecule has 0 radical (unpaired) electrons. The molecule has 1 aromatic carbocycles. The van der Waals surface area contributed by atoms with Crippen LogP contribution < -0.4 is 15.0 Å². The van der Waals surface area contributed by atoms with Crippen LogP contribution in [0.5, 0.6) is 5.88 Å². The second-order valence-electron chi connectivity index (χ2n) is 15.2. The van der Waals surface area contributed by atoms with Crippen molar-refractivity contribution in [3.63, 3.8) is 0 Å². The quantitative estimate of drug-likeness (QED) is 0.270. The van der Waals surface area contributed by atoms with Crippen LogP contribution in [0.2, 0.25) is 5.02 Å². The molecule has 49 heavy (non-hydrogen) atoms. The largest absolute Gasteiger partial charge is 0.474 e. The van der Waals surface area contributed by atoms with Gasteiger partial charge in [0.15, 0.2) is 0 Å². The highest BCUT2D eigenvalue weighted by Gasteiger charge is 2.48. The van der Waals surface area contributed by atoms with Gasteiger partial charge in [0.1, 0.15) is 35.4 Å². The number of pyridine rings is 2. The Kier molecular flexibility index (Phi) is 9.06. The van der Waals surface area contributed by atoms with E-state index in [2.05, 4.69) is 15.3 Å². The molecule has 1 saturated carbocycles. The fraction of sp³-hybridized carbons (Fsp3) is 0.528. The first kappa shape index (κ1) is 34.5. The van der Waals surface area contributed by atoms with Crippen molar-refractivity contribution < 1.29 is 33.3 Å². The van der Waals surface area contributed by atoms with E-state index >= 15 is 0 Å². The Morgan fingerprint density at radius 3 is 2.29 bits per heavy atom. The lowest BCUT2D eigenvalue weighted by Gasteiger charge is -2.51. The second-order valence-corrected chi connectivity index (χ2v) is 15.6. The number of rotatable bonds is 3. The molecule has 0 atom stereocenters. The Labute approximate surface area is 291 Å². The number of amides is 3. The number of likely N-dealkylation sites (tertiary alicyclic amines) is 1. The lowest BCUT2D eigenvalue weighted by Crippen LogP contribution is -2.52. The van der Waals surface area contributed by atoms with Crippen molar-refractivity contribution in [2.45, 2.75) is 91.5 Å². The normalized spacial score (nSPS) is 17.6. The maximum absolute atomic E-state index is 13.1. The summed E-state index contributed by atoms with van der Waals surface area (Å²) in [6, 6.07) is 5.50. The fourth-order valence-electron chi connectivity index (χ4n) is 6.74. The van der Waals surface area contributed by atoms with Gasteiger partial charge in [-0.3, -0.25) is 10.2 Å². The van der Waals surface area contributed by atoms with Gasteiger partial charge in [0.05, 0.1) is 11.6 Å². The fourth-order valence-corrected chi connectivity index (χ4v) is 7.07. The van der Waals surface area contributed by atoms with E-state index in [9.17, 15) is 14.4 Å². The zero-order chi connectivity index (χ0) is 35.3. The summed E-state index contributed by atoms with van der Waals surface area (Å²) in [6.07, 6.45) is 5.02. The Balaban J connectivity index is 1.12. The van der Waals surface area contributed by atoms with Gasteiger partial charge in [0.25, 0.3) is 0 Å². The zero-order valence-corrected chi connectivity index (χ0v) is 29.9. The number of benzene rings is 1. The van der Waals surface area contributed by atoms with E-state index in [-0.39, 0.29) is 17.6 Å². The number of nitrogens with one attached hydrogen (secondary N) is 1. The van der Waals surface area contributed by atoms with E-state index in [1.54, 1.807) is 28.3 Å². The first-order chi connectivity index (χ1) is 23.0. The molecule has 2 fully saturated rings. The lowest BCUT2D eigenvalue weighted by atomic mass is 9.61. The predicted molar refractivity (Wildman–Crippen MR) is 186 cm³/mol. The third kappa shape index (κ3) is 7.49. The van der Waals surface area contributed by atoms with E-state index in [0.717, 1.165) is 42.2 Å². The van der Waals surface area contributed by atoms with E-state index in [0.29, 0.717) is 59.6 Å².